The average molecular weight is 608 g/mol. The highest BCUT2D eigenvalue weighted by Crippen LogP contribution is 2.29. The molecule has 0 aromatic heterocycles. The number of benzene rings is 2. The van der Waals surface area contributed by atoms with Crippen molar-refractivity contribution < 1.29 is 24.2 Å². The molecular weight excluding hydrogens is 554 g/mol. The SMILES string of the molecule is C=Cc1cccc(C(C(=O)NC(C)CCC)N(C(=O)C(Cc2ccc(O)cc2)NC(=O)OC(C)(C)C)C(C)CCC(C)C)c1. The van der Waals surface area contributed by atoms with Crippen LogP contribution in [0.3, 0.4) is 0 Å². The number of hydrogen-bond acceptors (Lipinski definition) is 5. The number of ether oxygens (including phenoxy) is 1. The molecular formula is C36H53N3O5. The molecule has 0 heterocycles. The summed E-state index contributed by atoms with van der Waals surface area (Å²) in [4.78, 5) is 43.7. The van der Waals surface area contributed by atoms with E-state index in [1.54, 1.807) is 56.0 Å². The molecule has 242 valence electrons. The van der Waals surface area contributed by atoms with Crippen LogP contribution in [0.25, 0.3) is 6.08 Å². The number of nitrogens with one attached hydrogen (secondary N) is 2. The van der Waals surface area contributed by atoms with Gasteiger partial charge in [0.2, 0.25) is 11.8 Å². The molecule has 3 amide bonds. The van der Waals surface area contributed by atoms with E-state index in [2.05, 4.69) is 38.0 Å². The molecule has 0 radical (unpaired) electrons. The summed E-state index contributed by atoms with van der Waals surface area (Å²) >= 11 is 0. The van der Waals surface area contributed by atoms with E-state index in [9.17, 15) is 19.5 Å². The predicted octanol–water partition coefficient (Wildman–Crippen LogP) is 7.17. The van der Waals surface area contributed by atoms with Crippen LogP contribution in [0.4, 0.5) is 4.79 Å². The topological polar surface area (TPSA) is 108 Å². The van der Waals surface area contributed by atoms with Gasteiger partial charge in [0.05, 0.1) is 0 Å². The normalized spacial score (nSPS) is 14.2. The van der Waals surface area contributed by atoms with Crippen molar-refractivity contribution in [1.82, 2.24) is 15.5 Å². The zero-order valence-electron chi connectivity index (χ0n) is 27.9. The Morgan fingerprint density at radius 3 is 2.20 bits per heavy atom. The maximum absolute atomic E-state index is 14.8. The third-order valence-corrected chi connectivity index (χ3v) is 7.36. The lowest BCUT2D eigenvalue weighted by Crippen LogP contribution is -2.56. The lowest BCUT2D eigenvalue weighted by Gasteiger charge is -2.39. The van der Waals surface area contributed by atoms with E-state index >= 15 is 0 Å². The first-order chi connectivity index (χ1) is 20.6. The van der Waals surface area contributed by atoms with Crippen molar-refractivity contribution >= 4 is 24.0 Å². The van der Waals surface area contributed by atoms with Crippen molar-refractivity contribution in [2.24, 2.45) is 5.92 Å². The van der Waals surface area contributed by atoms with E-state index in [0.29, 0.717) is 17.9 Å². The van der Waals surface area contributed by atoms with Gasteiger partial charge in [-0.1, -0.05) is 70.2 Å². The number of nitrogens with zero attached hydrogens (tertiary/aromatic N) is 1. The number of alkyl carbamates (subject to hydrolysis) is 1. The number of phenolic OH excluding ortho intramolecular Hbond substituents is 1. The molecule has 0 bridgehead atoms. The zero-order chi connectivity index (χ0) is 33.0. The van der Waals surface area contributed by atoms with Crippen LogP contribution < -0.4 is 10.6 Å². The van der Waals surface area contributed by atoms with E-state index in [1.165, 1.54) is 0 Å². The van der Waals surface area contributed by atoms with Crippen LogP contribution in [0.2, 0.25) is 0 Å². The molecule has 0 fully saturated rings. The number of phenols is 1. The lowest BCUT2D eigenvalue weighted by molar-refractivity contribution is -0.145. The molecule has 4 atom stereocenters. The monoisotopic (exact) mass is 607 g/mol. The van der Waals surface area contributed by atoms with E-state index in [-0.39, 0.29) is 30.2 Å². The summed E-state index contributed by atoms with van der Waals surface area (Å²) in [5, 5.41) is 15.8. The molecule has 8 heteroatoms. The van der Waals surface area contributed by atoms with Crippen molar-refractivity contribution in [2.45, 2.75) is 117 Å². The maximum atomic E-state index is 14.8. The summed E-state index contributed by atoms with van der Waals surface area (Å²) in [7, 11) is 0. The summed E-state index contributed by atoms with van der Waals surface area (Å²) in [6.45, 7) is 19.4. The maximum Gasteiger partial charge on any atom is 0.408 e. The van der Waals surface area contributed by atoms with Crippen molar-refractivity contribution in [3.63, 3.8) is 0 Å². The minimum Gasteiger partial charge on any atom is -0.508 e. The first-order valence-electron chi connectivity index (χ1n) is 15.8. The second-order valence-corrected chi connectivity index (χ2v) is 13.1. The van der Waals surface area contributed by atoms with Gasteiger partial charge in [-0.2, -0.15) is 0 Å². The Kier molecular flexibility index (Phi) is 14.0. The fraction of sp³-hybridized carbons (Fsp3) is 0.528. The van der Waals surface area contributed by atoms with Crippen LogP contribution in [0, 0.1) is 5.92 Å². The van der Waals surface area contributed by atoms with Crippen LogP contribution in [-0.4, -0.2) is 51.6 Å². The predicted molar refractivity (Wildman–Crippen MR) is 177 cm³/mol. The van der Waals surface area contributed by atoms with Gasteiger partial charge in [-0.25, -0.2) is 4.79 Å². The molecule has 4 unspecified atom stereocenters. The molecule has 3 N–H and O–H groups in total. The average Bonchev–Trinajstić information content (AvgIpc) is 2.94. The highest BCUT2D eigenvalue weighted by molar-refractivity contribution is 5.92. The molecule has 2 rings (SSSR count). The van der Waals surface area contributed by atoms with Gasteiger partial charge < -0.3 is 25.4 Å². The van der Waals surface area contributed by atoms with Crippen LogP contribution in [0.1, 0.15) is 104 Å². The quantitative estimate of drug-likeness (QED) is 0.199. The molecule has 0 saturated heterocycles. The molecule has 0 aliphatic rings. The summed E-state index contributed by atoms with van der Waals surface area (Å²) in [6.07, 6.45) is 4.34. The Balaban J connectivity index is 2.69. The van der Waals surface area contributed by atoms with Crippen molar-refractivity contribution in [3.8, 4) is 5.75 Å². The summed E-state index contributed by atoms with van der Waals surface area (Å²) in [5.41, 5.74) is 1.45. The number of hydrogen-bond donors (Lipinski definition) is 3. The fourth-order valence-corrected chi connectivity index (χ4v) is 5.13. The molecule has 2 aromatic carbocycles. The van der Waals surface area contributed by atoms with Gasteiger partial charge in [0.25, 0.3) is 0 Å². The summed E-state index contributed by atoms with van der Waals surface area (Å²) in [5.74, 6) is -0.186. The molecule has 0 aliphatic heterocycles. The second-order valence-electron chi connectivity index (χ2n) is 13.1. The van der Waals surface area contributed by atoms with Gasteiger partial charge in [-0.15, -0.1) is 0 Å². The Hall–Kier alpha value is -3.81. The van der Waals surface area contributed by atoms with Gasteiger partial charge in [0, 0.05) is 18.5 Å². The van der Waals surface area contributed by atoms with Gasteiger partial charge in [-0.3, -0.25) is 9.59 Å². The number of carbonyl (C=O) groups is 3. The van der Waals surface area contributed by atoms with E-state index in [4.69, 9.17) is 4.74 Å². The van der Waals surface area contributed by atoms with Crippen LogP contribution in [0.15, 0.2) is 55.1 Å². The first kappa shape index (κ1) is 36.4. The number of carbonyl (C=O) groups excluding carboxylic acids is 3. The Labute approximate surface area is 264 Å². The smallest absolute Gasteiger partial charge is 0.408 e. The Bertz CT molecular complexity index is 1240. The van der Waals surface area contributed by atoms with Crippen LogP contribution in [-0.2, 0) is 20.7 Å². The first-order valence-corrected chi connectivity index (χ1v) is 15.8. The Morgan fingerprint density at radius 1 is 0.977 bits per heavy atom. The number of aromatic hydroxyl groups is 1. The lowest BCUT2D eigenvalue weighted by atomic mass is 9.95. The van der Waals surface area contributed by atoms with Crippen molar-refractivity contribution in [2.75, 3.05) is 0 Å². The summed E-state index contributed by atoms with van der Waals surface area (Å²) in [6, 6.07) is 11.6. The largest absolute Gasteiger partial charge is 0.508 e. The van der Waals surface area contributed by atoms with E-state index in [0.717, 1.165) is 30.4 Å². The van der Waals surface area contributed by atoms with Gasteiger partial charge in [0.15, 0.2) is 0 Å². The Morgan fingerprint density at radius 2 is 1.64 bits per heavy atom. The van der Waals surface area contributed by atoms with Crippen molar-refractivity contribution in [3.05, 3.63) is 71.8 Å². The molecule has 44 heavy (non-hydrogen) atoms. The minimum absolute atomic E-state index is 0.0896. The third kappa shape index (κ3) is 11.7. The van der Waals surface area contributed by atoms with Gasteiger partial charge >= 0.3 is 6.09 Å². The van der Waals surface area contributed by atoms with Crippen LogP contribution >= 0.6 is 0 Å². The van der Waals surface area contributed by atoms with E-state index in [1.807, 2.05) is 38.1 Å². The fourth-order valence-electron chi connectivity index (χ4n) is 5.13. The third-order valence-electron chi connectivity index (χ3n) is 7.36. The zero-order valence-corrected chi connectivity index (χ0v) is 27.9. The number of rotatable bonds is 15. The molecule has 0 spiro atoms. The number of amides is 3. The highest BCUT2D eigenvalue weighted by atomic mass is 16.6. The van der Waals surface area contributed by atoms with Gasteiger partial charge in [0.1, 0.15) is 23.4 Å². The van der Waals surface area contributed by atoms with Gasteiger partial charge in [-0.05, 0) is 94.7 Å². The standard InChI is InChI=1S/C36H53N3O5/c1-10-13-25(5)37-33(41)32(29-15-12-14-27(11-2)22-29)39(26(6)17-16-24(3)4)34(42)31(38-35(43)44-36(7,8)9)23-28-18-20-30(40)21-19-28/h11-12,14-15,18-22,24-26,31-32,40H,2,10,13,16-17,23H2,1,3-9H3,(H,37,41)(H,38,43). The molecule has 0 aliphatic carbocycles. The molecule has 8 nitrogen and oxygen atoms in total. The highest BCUT2D eigenvalue weighted by Gasteiger charge is 2.39. The van der Waals surface area contributed by atoms with Crippen LogP contribution in [0.5, 0.6) is 5.75 Å². The molecule has 0 saturated carbocycles. The van der Waals surface area contributed by atoms with Crippen molar-refractivity contribution in [1.29, 1.82) is 0 Å². The second kappa shape index (κ2) is 16.9. The molecule has 2 aromatic rings. The van der Waals surface area contributed by atoms with E-state index < -0.39 is 29.7 Å². The minimum atomic E-state index is -1.04. The summed E-state index contributed by atoms with van der Waals surface area (Å²) < 4.78 is 5.55.